The molecule has 0 bridgehead atoms. The van der Waals surface area contributed by atoms with Crippen molar-refractivity contribution < 1.29 is 50.0 Å². The fraction of sp³-hybridized carbons (Fsp3) is 0.864. The van der Waals surface area contributed by atoms with Gasteiger partial charge in [-0.3, -0.25) is 5.21 Å². The number of aryl methyl sites for hydroxylation is 1. The van der Waals surface area contributed by atoms with E-state index in [1.807, 2.05) is 6.92 Å². The van der Waals surface area contributed by atoms with E-state index >= 15 is 0 Å². The predicted octanol–water partition coefficient (Wildman–Crippen LogP) is 4.97. The van der Waals surface area contributed by atoms with Gasteiger partial charge in [-0.05, 0) is 32.6 Å². The van der Waals surface area contributed by atoms with Crippen molar-refractivity contribution in [3.8, 4) is 0 Å². The van der Waals surface area contributed by atoms with E-state index in [9.17, 15) is 5.21 Å². The Morgan fingerprint density at radius 3 is 1.69 bits per heavy atom. The van der Waals surface area contributed by atoms with Crippen LogP contribution in [0.15, 0.2) is 0 Å². The van der Waals surface area contributed by atoms with Crippen molar-refractivity contribution >= 4 is 11.9 Å². The van der Waals surface area contributed by atoms with Crippen molar-refractivity contribution in [1.82, 2.24) is 15.0 Å². The Morgan fingerprint density at radius 1 is 0.781 bits per heavy atom. The number of hydrogen-bond donors (Lipinski definition) is 2. The van der Waals surface area contributed by atoms with Crippen molar-refractivity contribution in [1.29, 1.82) is 0 Å². The summed E-state index contributed by atoms with van der Waals surface area (Å²) in [4.78, 5) is 13.5. The first-order valence-corrected chi connectivity index (χ1v) is 11.0. The summed E-state index contributed by atoms with van der Waals surface area (Å²) in [6, 6.07) is 0.106. The molecule has 1 aromatic rings. The Labute approximate surface area is 224 Å². The van der Waals surface area contributed by atoms with Crippen LogP contribution in [-0.2, 0) is 44.8 Å². The molecule has 0 radical (unpaired) electrons. The zero-order valence-corrected chi connectivity index (χ0v) is 23.7. The summed E-state index contributed by atoms with van der Waals surface area (Å²) in [7, 11) is 0. The van der Waals surface area contributed by atoms with Gasteiger partial charge in [-0.15, -0.1) is 22.2 Å². The Morgan fingerprint density at radius 2 is 1.22 bits per heavy atom. The van der Waals surface area contributed by atoms with Gasteiger partial charge < -0.3 is 16.0 Å². The van der Waals surface area contributed by atoms with E-state index in [-0.39, 0.29) is 79.0 Å². The van der Waals surface area contributed by atoms with Gasteiger partial charge in [-0.2, -0.15) is 15.0 Å². The Kier molecular flexibility index (Phi) is 9.66. The maximum atomic E-state index is 11.0. The van der Waals surface area contributed by atoms with Crippen LogP contribution >= 0.6 is 0 Å². The Bertz CT molecular complexity index is 754. The molecule has 2 aliphatic heterocycles. The fourth-order valence-electron chi connectivity index (χ4n) is 5.58. The second-order valence-electron chi connectivity index (χ2n) is 11.6. The molecule has 1 aromatic heterocycles. The van der Waals surface area contributed by atoms with Gasteiger partial charge in [0.15, 0.2) is 0 Å². The largest absolute Gasteiger partial charge is 1.00 e. The van der Waals surface area contributed by atoms with Gasteiger partial charge in [0.1, 0.15) is 5.82 Å². The number of nitrogens with one attached hydrogen (secondary N) is 1. The summed E-state index contributed by atoms with van der Waals surface area (Å²) in [6.45, 7) is 18.9. The molecule has 0 amide bonds. The molecule has 10 heteroatoms. The molecular formula is C22H39Ag2N7O. The van der Waals surface area contributed by atoms with E-state index in [1.165, 1.54) is 5.06 Å². The van der Waals surface area contributed by atoms with E-state index in [4.69, 9.17) is 10.6 Å². The van der Waals surface area contributed by atoms with Gasteiger partial charge in [0.25, 0.3) is 5.95 Å². The molecular weight excluding hydrogens is 594 g/mol. The SMILES string of the molecule is Cc1nc(NC2CC(C)(C)[N-]C(C)(C)C2)nc(N(O)C2CC(C)(C)[N-]C(C)(C)C2)n1.[Ag+].[Ag+]. The number of aromatic nitrogens is 3. The number of nitrogens with zero attached hydrogens (tertiary/aromatic N) is 6. The topological polar surface area (TPSA) is 102 Å². The molecule has 0 aliphatic carbocycles. The molecule has 2 saturated heterocycles. The van der Waals surface area contributed by atoms with Gasteiger partial charge in [0, 0.05) is 6.04 Å². The summed E-state index contributed by atoms with van der Waals surface area (Å²) >= 11 is 0. The molecule has 190 valence electrons. The van der Waals surface area contributed by atoms with Crippen LogP contribution in [0.3, 0.4) is 0 Å². The first-order valence-electron chi connectivity index (χ1n) is 11.0. The molecule has 0 unspecified atom stereocenters. The van der Waals surface area contributed by atoms with Gasteiger partial charge in [-0.1, -0.05) is 55.4 Å². The first-order chi connectivity index (χ1) is 13.5. The van der Waals surface area contributed by atoms with Crippen LogP contribution in [0.5, 0.6) is 0 Å². The van der Waals surface area contributed by atoms with Gasteiger partial charge in [0.05, 0.1) is 6.04 Å². The van der Waals surface area contributed by atoms with Crippen molar-refractivity contribution in [2.24, 2.45) is 0 Å². The second kappa shape index (κ2) is 10.3. The van der Waals surface area contributed by atoms with E-state index in [2.05, 4.69) is 75.7 Å². The number of hydrogen-bond acceptors (Lipinski definition) is 6. The number of piperidine rings is 2. The summed E-state index contributed by atoms with van der Waals surface area (Å²) in [5.41, 5.74) is -0.620. The van der Waals surface area contributed by atoms with E-state index in [0.29, 0.717) is 17.7 Å². The molecule has 2 fully saturated rings. The third-order valence-corrected chi connectivity index (χ3v) is 5.79. The van der Waals surface area contributed by atoms with Crippen molar-refractivity contribution in [2.45, 2.75) is 122 Å². The van der Waals surface area contributed by atoms with Crippen LogP contribution < -0.4 is 10.4 Å². The minimum Gasteiger partial charge on any atom is -0.652 e. The van der Waals surface area contributed by atoms with Crippen LogP contribution in [0.1, 0.15) is 86.9 Å². The van der Waals surface area contributed by atoms with Crippen LogP contribution in [0.25, 0.3) is 10.6 Å². The number of rotatable bonds is 4. The number of hydroxylamine groups is 1. The summed E-state index contributed by atoms with van der Waals surface area (Å²) in [6.07, 6.45) is 3.30. The van der Waals surface area contributed by atoms with Crippen molar-refractivity contribution in [3.63, 3.8) is 0 Å². The minimum absolute atomic E-state index is 0. The fourth-order valence-corrected chi connectivity index (χ4v) is 5.58. The number of anilines is 2. The summed E-state index contributed by atoms with van der Waals surface area (Å²) in [5.74, 6) is 1.39. The van der Waals surface area contributed by atoms with E-state index in [0.717, 1.165) is 25.7 Å². The third kappa shape index (κ3) is 8.03. The van der Waals surface area contributed by atoms with Crippen LogP contribution in [0.2, 0.25) is 0 Å². The predicted molar refractivity (Wildman–Crippen MR) is 122 cm³/mol. The standard InChI is InChI=1S/C22H39N7O.2Ag/c1-14-23-17(25-15-10-19(2,3)27-20(4,5)11-15)26-18(24-14)29(30)16-12-21(6,7)28-22(8,9)13-16;;/h15-16,30H,10-13H2,1-9H3,(H,23,24,25,26);;/q-2;2*+1. The minimum atomic E-state index is -0.209. The quantitative estimate of drug-likeness (QED) is 0.359. The van der Waals surface area contributed by atoms with Crippen LogP contribution in [-0.4, -0.2) is 54.4 Å². The zero-order chi connectivity index (χ0) is 22.5. The van der Waals surface area contributed by atoms with Gasteiger partial charge in [0.2, 0.25) is 5.95 Å². The Hall–Kier alpha value is -0.0295. The maximum Gasteiger partial charge on any atom is 1.00 e. The molecule has 8 nitrogen and oxygen atoms in total. The van der Waals surface area contributed by atoms with E-state index < -0.39 is 0 Å². The van der Waals surface area contributed by atoms with Gasteiger partial charge in [-0.25, -0.2) is 5.06 Å². The molecule has 2 aliphatic rings. The summed E-state index contributed by atoms with van der Waals surface area (Å²) in [5, 5.41) is 25.6. The average molecular weight is 633 g/mol. The van der Waals surface area contributed by atoms with Crippen LogP contribution in [0, 0.1) is 6.92 Å². The smallest absolute Gasteiger partial charge is 0.652 e. The monoisotopic (exact) mass is 631 g/mol. The van der Waals surface area contributed by atoms with Gasteiger partial charge >= 0.3 is 44.8 Å². The molecule has 0 atom stereocenters. The normalized spacial score (nSPS) is 24.1. The third-order valence-electron chi connectivity index (χ3n) is 5.79. The molecule has 3 rings (SSSR count). The molecule has 2 N–H and O–H groups in total. The maximum absolute atomic E-state index is 11.0. The molecule has 3 heterocycles. The summed E-state index contributed by atoms with van der Waals surface area (Å²) < 4.78 is 0. The average Bonchev–Trinajstić information content (AvgIpc) is 2.47. The first kappa shape index (κ1) is 30.0. The second-order valence-corrected chi connectivity index (χ2v) is 11.6. The molecule has 0 spiro atoms. The zero-order valence-electron chi connectivity index (χ0n) is 20.7. The molecule has 0 aromatic carbocycles. The van der Waals surface area contributed by atoms with E-state index in [1.54, 1.807) is 0 Å². The van der Waals surface area contributed by atoms with Crippen molar-refractivity contribution in [2.75, 3.05) is 10.4 Å². The molecule has 0 saturated carbocycles. The van der Waals surface area contributed by atoms with Crippen LogP contribution in [0.4, 0.5) is 11.9 Å². The molecule has 32 heavy (non-hydrogen) atoms. The Balaban J connectivity index is 0.00000256. The van der Waals surface area contributed by atoms with Crippen molar-refractivity contribution in [3.05, 3.63) is 16.5 Å².